The van der Waals surface area contributed by atoms with Crippen LogP contribution in [0.25, 0.3) is 0 Å². The summed E-state index contributed by atoms with van der Waals surface area (Å²) in [5.41, 5.74) is 0. The molecule has 1 aliphatic rings. The smallest absolute Gasteiger partial charge is 0.0859 e. The number of ether oxygens (including phenoxy) is 2. The van der Waals surface area contributed by atoms with Gasteiger partial charge >= 0.3 is 0 Å². The van der Waals surface area contributed by atoms with Crippen LogP contribution in [0.15, 0.2) is 0 Å². The summed E-state index contributed by atoms with van der Waals surface area (Å²) in [6, 6.07) is 0. The van der Waals surface area contributed by atoms with Crippen LogP contribution in [0.1, 0.15) is 19.3 Å². The highest BCUT2D eigenvalue weighted by molar-refractivity contribution is 4.52. The van der Waals surface area contributed by atoms with E-state index in [9.17, 15) is 0 Å². The SMILES string of the molecule is [CH]1CCOCCCCO1. The van der Waals surface area contributed by atoms with E-state index in [1.54, 1.807) is 0 Å². The second-order valence-electron chi connectivity index (χ2n) is 2.15. The first-order valence-corrected chi connectivity index (χ1v) is 3.51. The van der Waals surface area contributed by atoms with Gasteiger partial charge in [0, 0.05) is 19.8 Å². The van der Waals surface area contributed by atoms with Gasteiger partial charge in [-0.05, 0) is 19.3 Å². The molecule has 0 amide bonds. The second-order valence-corrected chi connectivity index (χ2v) is 2.15. The summed E-state index contributed by atoms with van der Waals surface area (Å²) in [4.78, 5) is 0. The Bertz CT molecular complexity index is 35.4. The highest BCUT2D eigenvalue weighted by Crippen LogP contribution is 1.99. The van der Waals surface area contributed by atoms with E-state index in [4.69, 9.17) is 9.47 Å². The quantitative estimate of drug-likeness (QED) is 0.491. The first kappa shape index (κ1) is 7.03. The second kappa shape index (κ2) is 4.77. The van der Waals surface area contributed by atoms with Crippen molar-refractivity contribution in [2.45, 2.75) is 19.3 Å². The molecule has 9 heavy (non-hydrogen) atoms. The van der Waals surface area contributed by atoms with Gasteiger partial charge in [0.25, 0.3) is 0 Å². The Kier molecular flexibility index (Phi) is 3.72. The van der Waals surface area contributed by atoms with Crippen LogP contribution >= 0.6 is 0 Å². The molecule has 1 heterocycles. The van der Waals surface area contributed by atoms with E-state index in [1.807, 2.05) is 6.61 Å². The van der Waals surface area contributed by atoms with Gasteiger partial charge in [-0.1, -0.05) is 0 Å². The van der Waals surface area contributed by atoms with Gasteiger partial charge in [-0.3, -0.25) is 0 Å². The van der Waals surface area contributed by atoms with Crippen LogP contribution in [-0.4, -0.2) is 19.8 Å². The van der Waals surface area contributed by atoms with Crippen molar-refractivity contribution in [3.05, 3.63) is 6.61 Å². The minimum absolute atomic E-state index is 0.819. The van der Waals surface area contributed by atoms with Crippen molar-refractivity contribution in [3.8, 4) is 0 Å². The summed E-state index contributed by atoms with van der Waals surface area (Å²) in [6.07, 6.45) is 3.18. The van der Waals surface area contributed by atoms with Gasteiger partial charge in [-0.2, -0.15) is 0 Å². The Hall–Kier alpha value is -0.0800. The van der Waals surface area contributed by atoms with Crippen LogP contribution in [0.3, 0.4) is 0 Å². The van der Waals surface area contributed by atoms with Gasteiger partial charge < -0.3 is 9.47 Å². The highest BCUT2D eigenvalue weighted by atomic mass is 16.5. The molecule has 0 aromatic carbocycles. The Labute approximate surface area is 56.2 Å². The van der Waals surface area contributed by atoms with E-state index < -0.39 is 0 Å². The molecule has 0 saturated carbocycles. The third-order valence-electron chi connectivity index (χ3n) is 1.30. The fourth-order valence-electron chi connectivity index (χ4n) is 0.790. The largest absolute Gasteiger partial charge is 0.381 e. The van der Waals surface area contributed by atoms with Crippen LogP contribution in [0, 0.1) is 6.61 Å². The zero-order chi connectivity index (χ0) is 6.36. The predicted octanol–water partition coefficient (Wildman–Crippen LogP) is 1.37. The molecule has 0 bridgehead atoms. The van der Waals surface area contributed by atoms with E-state index in [2.05, 4.69) is 0 Å². The lowest BCUT2D eigenvalue weighted by Crippen LogP contribution is -1.94. The van der Waals surface area contributed by atoms with E-state index in [1.165, 1.54) is 0 Å². The van der Waals surface area contributed by atoms with Crippen molar-refractivity contribution < 1.29 is 9.47 Å². The average molecular weight is 129 g/mol. The zero-order valence-electron chi connectivity index (χ0n) is 5.64. The average Bonchev–Trinajstić information content (AvgIpc) is 2.00. The summed E-state index contributed by atoms with van der Waals surface area (Å²) < 4.78 is 10.4. The van der Waals surface area contributed by atoms with E-state index in [-0.39, 0.29) is 0 Å². The molecule has 1 aliphatic heterocycles. The first-order chi connectivity index (χ1) is 4.50. The fraction of sp³-hybridized carbons (Fsp3) is 0.857. The molecule has 0 spiro atoms. The molecule has 1 fully saturated rings. The minimum atomic E-state index is 0.819. The first-order valence-electron chi connectivity index (χ1n) is 3.51. The Morgan fingerprint density at radius 2 is 1.89 bits per heavy atom. The molecule has 0 N–H and O–H groups in total. The summed E-state index contributed by atoms with van der Waals surface area (Å²) >= 11 is 0. The molecule has 0 aromatic heterocycles. The molecular formula is C7H13O2. The normalized spacial score (nSPS) is 24.0. The Morgan fingerprint density at radius 3 is 2.89 bits per heavy atom. The highest BCUT2D eigenvalue weighted by Gasteiger charge is 1.95. The molecule has 53 valence electrons. The molecule has 1 saturated heterocycles. The summed E-state index contributed by atoms with van der Waals surface area (Å²) in [5, 5.41) is 0. The Morgan fingerprint density at radius 1 is 1.00 bits per heavy atom. The molecule has 2 nitrogen and oxygen atoms in total. The van der Waals surface area contributed by atoms with Crippen molar-refractivity contribution in [3.63, 3.8) is 0 Å². The van der Waals surface area contributed by atoms with Crippen LogP contribution in [0.4, 0.5) is 0 Å². The standard InChI is InChI=1S/C7H13O2/c1-2-5-9-7-3-6-8-4-1/h6H,1-5,7H2. The lowest BCUT2D eigenvalue weighted by molar-refractivity contribution is 0.132. The monoisotopic (exact) mass is 129 g/mol. The van der Waals surface area contributed by atoms with Gasteiger partial charge in [0.2, 0.25) is 0 Å². The maximum Gasteiger partial charge on any atom is 0.0859 e. The van der Waals surface area contributed by atoms with Crippen LogP contribution in [0.5, 0.6) is 0 Å². The minimum Gasteiger partial charge on any atom is -0.381 e. The maximum atomic E-state index is 5.24. The van der Waals surface area contributed by atoms with Crippen molar-refractivity contribution in [1.29, 1.82) is 0 Å². The zero-order valence-corrected chi connectivity index (χ0v) is 5.64. The topological polar surface area (TPSA) is 18.5 Å². The van der Waals surface area contributed by atoms with Crippen LogP contribution < -0.4 is 0 Å². The Balaban J connectivity index is 2.02. The van der Waals surface area contributed by atoms with E-state index in [0.29, 0.717) is 0 Å². The van der Waals surface area contributed by atoms with Crippen molar-refractivity contribution >= 4 is 0 Å². The third-order valence-corrected chi connectivity index (χ3v) is 1.30. The van der Waals surface area contributed by atoms with E-state index in [0.717, 1.165) is 39.1 Å². The lowest BCUT2D eigenvalue weighted by Gasteiger charge is -1.96. The molecule has 2 heteroatoms. The van der Waals surface area contributed by atoms with Crippen LogP contribution in [0.2, 0.25) is 0 Å². The summed E-state index contributed by atoms with van der Waals surface area (Å²) in [7, 11) is 0. The van der Waals surface area contributed by atoms with Gasteiger partial charge in [-0.15, -0.1) is 0 Å². The fourth-order valence-corrected chi connectivity index (χ4v) is 0.790. The summed E-state index contributed by atoms with van der Waals surface area (Å²) in [6.45, 7) is 4.42. The molecule has 0 unspecified atom stereocenters. The van der Waals surface area contributed by atoms with Gasteiger partial charge in [-0.25, -0.2) is 0 Å². The molecule has 0 aromatic rings. The van der Waals surface area contributed by atoms with E-state index >= 15 is 0 Å². The molecule has 1 rings (SSSR count). The molecule has 0 atom stereocenters. The van der Waals surface area contributed by atoms with Crippen molar-refractivity contribution in [2.24, 2.45) is 0 Å². The van der Waals surface area contributed by atoms with Gasteiger partial charge in [0.05, 0.1) is 6.61 Å². The maximum absolute atomic E-state index is 5.24. The van der Waals surface area contributed by atoms with Crippen LogP contribution in [-0.2, 0) is 9.47 Å². The van der Waals surface area contributed by atoms with Crippen molar-refractivity contribution in [2.75, 3.05) is 19.8 Å². The summed E-state index contributed by atoms with van der Waals surface area (Å²) in [5.74, 6) is 0. The van der Waals surface area contributed by atoms with Crippen molar-refractivity contribution in [1.82, 2.24) is 0 Å². The lowest BCUT2D eigenvalue weighted by atomic mass is 10.3. The number of hydrogen-bond donors (Lipinski definition) is 0. The predicted molar refractivity (Wildman–Crippen MR) is 34.9 cm³/mol. The van der Waals surface area contributed by atoms with Gasteiger partial charge in [0.15, 0.2) is 0 Å². The number of rotatable bonds is 0. The molecule has 0 aliphatic carbocycles. The number of hydrogen-bond acceptors (Lipinski definition) is 2. The molecular weight excluding hydrogens is 116 g/mol. The third kappa shape index (κ3) is 3.49. The molecule has 1 radical (unpaired) electrons. The van der Waals surface area contributed by atoms with Gasteiger partial charge in [0.1, 0.15) is 0 Å².